The van der Waals surface area contributed by atoms with Gasteiger partial charge in [0.25, 0.3) is 11.5 Å². The zero-order chi connectivity index (χ0) is 24.8. The van der Waals surface area contributed by atoms with Gasteiger partial charge in [0.1, 0.15) is 21.8 Å². The fraction of sp³-hybridized carbons (Fsp3) is 0.615. The molecule has 0 spiro atoms. The molecule has 2 fully saturated rings. The summed E-state index contributed by atoms with van der Waals surface area (Å²) in [7, 11) is 0. The number of nitrogens with zero attached hydrogens (tertiary/aromatic N) is 4. The molecule has 2 saturated heterocycles. The Labute approximate surface area is 213 Å². The Hall–Kier alpha value is -2.11. The first-order valence-electron chi connectivity index (χ1n) is 12.6. The first-order valence-corrected chi connectivity index (χ1v) is 13.8. The van der Waals surface area contributed by atoms with Crippen molar-refractivity contribution in [3.8, 4) is 6.07 Å². The second kappa shape index (κ2) is 12.0. The summed E-state index contributed by atoms with van der Waals surface area (Å²) in [6.07, 6.45) is 9.19. The highest BCUT2D eigenvalue weighted by molar-refractivity contribution is 8.26. The van der Waals surface area contributed by atoms with Crippen molar-refractivity contribution in [2.75, 3.05) is 24.5 Å². The van der Waals surface area contributed by atoms with Crippen LogP contribution in [-0.4, -0.2) is 39.3 Å². The minimum Gasteiger partial charge on any atom is -0.357 e. The van der Waals surface area contributed by atoms with Crippen LogP contribution in [0.25, 0.3) is 6.08 Å². The molecule has 1 unspecified atom stereocenters. The van der Waals surface area contributed by atoms with Crippen LogP contribution >= 0.6 is 24.0 Å². The molecule has 34 heavy (non-hydrogen) atoms. The lowest BCUT2D eigenvalue weighted by Gasteiger charge is -2.26. The van der Waals surface area contributed by atoms with E-state index < -0.39 is 0 Å². The van der Waals surface area contributed by atoms with Crippen LogP contribution in [0, 0.1) is 24.2 Å². The van der Waals surface area contributed by atoms with Crippen molar-refractivity contribution in [1.82, 2.24) is 9.47 Å². The van der Waals surface area contributed by atoms with Crippen LogP contribution in [-0.2, 0) is 11.3 Å². The fourth-order valence-electron chi connectivity index (χ4n) is 4.81. The van der Waals surface area contributed by atoms with E-state index in [-0.39, 0.29) is 17.0 Å². The summed E-state index contributed by atoms with van der Waals surface area (Å²) in [5.41, 5.74) is 1.35. The predicted octanol–water partition coefficient (Wildman–Crippen LogP) is 5.46. The maximum atomic E-state index is 13.4. The Bertz CT molecular complexity index is 1060. The zero-order valence-corrected chi connectivity index (χ0v) is 22.5. The number of carbonyl (C=O) groups excluding carboxylic acids is 1. The number of amides is 1. The van der Waals surface area contributed by atoms with Gasteiger partial charge in [0, 0.05) is 31.7 Å². The minimum atomic E-state index is -0.241. The number of hydrogen-bond acceptors (Lipinski definition) is 6. The van der Waals surface area contributed by atoms with Crippen molar-refractivity contribution in [1.29, 1.82) is 5.26 Å². The summed E-state index contributed by atoms with van der Waals surface area (Å²) in [5.74, 6) is 1.20. The van der Waals surface area contributed by atoms with Gasteiger partial charge >= 0.3 is 0 Å². The van der Waals surface area contributed by atoms with Crippen LogP contribution in [0.5, 0.6) is 0 Å². The third-order valence-electron chi connectivity index (χ3n) is 6.83. The number of hydrogen-bond donors (Lipinski definition) is 0. The van der Waals surface area contributed by atoms with Crippen molar-refractivity contribution in [2.24, 2.45) is 5.92 Å². The van der Waals surface area contributed by atoms with E-state index in [1.165, 1.54) is 11.8 Å². The van der Waals surface area contributed by atoms with Crippen LogP contribution in [0.2, 0.25) is 0 Å². The quantitative estimate of drug-likeness (QED) is 0.314. The smallest absolute Gasteiger partial charge is 0.270 e. The van der Waals surface area contributed by atoms with E-state index in [0.717, 1.165) is 69.4 Å². The molecule has 0 saturated carbocycles. The number of thiocarbonyl (C=S) groups is 1. The molecule has 3 heterocycles. The summed E-state index contributed by atoms with van der Waals surface area (Å²) >= 11 is 6.94. The average Bonchev–Trinajstić information content (AvgIpc) is 3.44. The maximum Gasteiger partial charge on any atom is 0.270 e. The van der Waals surface area contributed by atoms with E-state index in [0.29, 0.717) is 33.8 Å². The van der Waals surface area contributed by atoms with Gasteiger partial charge < -0.3 is 4.90 Å². The number of rotatable bonds is 10. The normalized spacial score (nSPS) is 18.3. The molecular formula is C26H36N4O2S2. The molecule has 1 atom stereocenters. The molecule has 1 aromatic heterocycles. The summed E-state index contributed by atoms with van der Waals surface area (Å²) in [6, 6.07) is 2.12. The molecule has 0 aromatic carbocycles. The van der Waals surface area contributed by atoms with E-state index in [4.69, 9.17) is 12.2 Å². The Kier molecular flexibility index (Phi) is 9.38. The van der Waals surface area contributed by atoms with Crippen molar-refractivity contribution < 1.29 is 4.79 Å². The van der Waals surface area contributed by atoms with E-state index in [1.54, 1.807) is 9.47 Å². The zero-order valence-electron chi connectivity index (χ0n) is 20.9. The molecule has 1 amide bonds. The summed E-state index contributed by atoms with van der Waals surface area (Å²) in [5, 5.41) is 9.77. The lowest BCUT2D eigenvalue weighted by atomic mass is 9.99. The molecule has 0 aliphatic carbocycles. The van der Waals surface area contributed by atoms with Crippen molar-refractivity contribution in [2.45, 2.75) is 79.2 Å². The van der Waals surface area contributed by atoms with Crippen LogP contribution in [0.15, 0.2) is 9.70 Å². The fourth-order valence-corrected chi connectivity index (χ4v) is 6.07. The maximum absolute atomic E-state index is 13.4. The van der Waals surface area contributed by atoms with Crippen LogP contribution < -0.4 is 10.5 Å². The Morgan fingerprint density at radius 3 is 2.47 bits per heavy atom. The van der Waals surface area contributed by atoms with Gasteiger partial charge in [-0.1, -0.05) is 64.0 Å². The topological polar surface area (TPSA) is 69.3 Å². The van der Waals surface area contributed by atoms with Gasteiger partial charge in [0.15, 0.2) is 0 Å². The first kappa shape index (κ1) is 26.5. The highest BCUT2D eigenvalue weighted by atomic mass is 32.2. The molecule has 0 radical (unpaired) electrons. The Morgan fingerprint density at radius 2 is 1.88 bits per heavy atom. The summed E-state index contributed by atoms with van der Waals surface area (Å²) < 4.78 is 2.33. The van der Waals surface area contributed by atoms with E-state index in [9.17, 15) is 14.9 Å². The third-order valence-corrected chi connectivity index (χ3v) is 8.21. The minimum absolute atomic E-state index is 0.0662. The first-order chi connectivity index (χ1) is 16.4. The van der Waals surface area contributed by atoms with Gasteiger partial charge in [-0.3, -0.25) is 19.1 Å². The van der Waals surface area contributed by atoms with Gasteiger partial charge in [-0.05, 0) is 50.2 Å². The van der Waals surface area contributed by atoms with E-state index in [2.05, 4.69) is 24.8 Å². The molecule has 184 valence electrons. The number of unbranched alkanes of at least 4 members (excludes halogenated alkanes) is 1. The van der Waals surface area contributed by atoms with Gasteiger partial charge in [0.2, 0.25) is 0 Å². The molecule has 1 aromatic rings. The molecule has 0 N–H and O–H groups in total. The second-order valence-electron chi connectivity index (χ2n) is 9.21. The summed E-state index contributed by atoms with van der Waals surface area (Å²) in [4.78, 5) is 31.2. The SMILES string of the molecule is CCCCC(CC)CN1C(=O)C(=Cc2c(C)c(C#N)c(=O)n(CCC)c2N2CCCC2)SC1=S. The molecule has 2 aliphatic heterocycles. The molecular weight excluding hydrogens is 464 g/mol. The molecule has 0 bridgehead atoms. The van der Waals surface area contributed by atoms with Gasteiger partial charge in [-0.15, -0.1) is 0 Å². The van der Waals surface area contributed by atoms with Crippen molar-refractivity contribution in [3.05, 3.63) is 31.9 Å². The second-order valence-corrected chi connectivity index (χ2v) is 10.9. The number of nitriles is 1. The summed E-state index contributed by atoms with van der Waals surface area (Å²) in [6.45, 7) is 11.1. The number of aromatic nitrogens is 1. The monoisotopic (exact) mass is 500 g/mol. The Balaban J connectivity index is 2.07. The van der Waals surface area contributed by atoms with Crippen molar-refractivity contribution >= 4 is 46.1 Å². The Morgan fingerprint density at radius 1 is 1.18 bits per heavy atom. The highest BCUT2D eigenvalue weighted by Gasteiger charge is 2.34. The molecule has 6 nitrogen and oxygen atoms in total. The van der Waals surface area contributed by atoms with Crippen LogP contribution in [0.3, 0.4) is 0 Å². The molecule has 8 heteroatoms. The number of carbonyl (C=O) groups is 1. The number of thioether (sulfide) groups is 1. The lowest BCUT2D eigenvalue weighted by Crippen LogP contribution is -2.34. The van der Waals surface area contributed by atoms with E-state index in [1.807, 2.05) is 19.9 Å². The third kappa shape index (κ3) is 5.41. The van der Waals surface area contributed by atoms with Crippen LogP contribution in [0.1, 0.15) is 82.4 Å². The van der Waals surface area contributed by atoms with Crippen molar-refractivity contribution in [3.63, 3.8) is 0 Å². The van der Waals surface area contributed by atoms with Gasteiger partial charge in [-0.2, -0.15) is 5.26 Å². The largest absolute Gasteiger partial charge is 0.357 e. The molecule has 2 aliphatic rings. The van der Waals surface area contributed by atoms with Crippen LogP contribution in [0.4, 0.5) is 5.82 Å². The molecule has 3 rings (SSSR count). The van der Waals surface area contributed by atoms with Gasteiger partial charge in [-0.25, -0.2) is 0 Å². The highest BCUT2D eigenvalue weighted by Crippen LogP contribution is 2.37. The lowest BCUT2D eigenvalue weighted by molar-refractivity contribution is -0.122. The number of anilines is 1. The number of pyridine rings is 1. The van der Waals surface area contributed by atoms with E-state index >= 15 is 0 Å². The predicted molar refractivity (Wildman–Crippen MR) is 145 cm³/mol. The average molecular weight is 501 g/mol. The standard InChI is InChI=1S/C26H36N4O2S2/c1-5-8-11-19(7-3)17-30-25(32)22(34-26(30)33)15-20-18(4)21(16-27)24(31)29(12-6-2)23(20)28-13-9-10-14-28/h15,19H,5-14,17H2,1-4H3. The van der Waals surface area contributed by atoms with Gasteiger partial charge in [0.05, 0.1) is 4.91 Å².